The van der Waals surface area contributed by atoms with Gasteiger partial charge in [0, 0.05) is 48.8 Å². The first-order valence-corrected chi connectivity index (χ1v) is 26.6. The maximum absolute atomic E-state index is 7.07. The minimum absolute atomic E-state index is 0.568. The summed E-state index contributed by atoms with van der Waals surface area (Å²) in [5.41, 5.74) is 16.6. The van der Waals surface area contributed by atoms with Gasteiger partial charge in [0.2, 0.25) is 0 Å². The van der Waals surface area contributed by atoms with Gasteiger partial charge in [-0.2, -0.15) is 0 Å². The molecule has 1 aliphatic rings. The highest BCUT2D eigenvalue weighted by atomic mass is 16.3. The summed E-state index contributed by atoms with van der Waals surface area (Å²) in [6.45, 7) is 2.20. The van der Waals surface area contributed by atoms with Crippen molar-refractivity contribution >= 4 is 110 Å². The van der Waals surface area contributed by atoms with E-state index in [1.165, 1.54) is 59.2 Å². The fraction of sp³-hybridized carbons (Fsp3) is 0.0986. The van der Waals surface area contributed by atoms with E-state index < -0.39 is 0 Å². The first-order chi connectivity index (χ1) is 37.1. The van der Waals surface area contributed by atoms with E-state index >= 15 is 0 Å². The van der Waals surface area contributed by atoms with Gasteiger partial charge >= 0.3 is 0 Å². The van der Waals surface area contributed by atoms with Crippen molar-refractivity contribution in [2.45, 2.75) is 44.9 Å². The van der Waals surface area contributed by atoms with Gasteiger partial charge in [-0.1, -0.05) is 207 Å². The van der Waals surface area contributed by atoms with Gasteiger partial charge in [0.25, 0.3) is 0 Å². The molecule has 0 bridgehead atoms. The second kappa shape index (κ2) is 17.5. The first-order valence-electron chi connectivity index (χ1n) is 26.6. The Labute approximate surface area is 435 Å². The third-order valence-electron chi connectivity index (χ3n) is 16.2. The van der Waals surface area contributed by atoms with Crippen LogP contribution >= 0.6 is 0 Å². The molecule has 1 fully saturated rings. The summed E-state index contributed by atoms with van der Waals surface area (Å²) in [7, 11) is 0. The van der Waals surface area contributed by atoms with Crippen LogP contribution in [0, 0.1) is 6.92 Å². The summed E-state index contributed by atoms with van der Waals surface area (Å²) >= 11 is 0. The molecular weight excluding hydrogens is 913 g/mol. The highest BCUT2D eigenvalue weighted by molar-refractivity contribution is 6.30. The van der Waals surface area contributed by atoms with Crippen molar-refractivity contribution in [2.75, 3.05) is 9.80 Å². The lowest BCUT2D eigenvalue weighted by Crippen LogP contribution is -2.16. The standard InChI is InChI=1S/C71H52N2O2/c1-45-35-38-53(48-23-9-4-10-24-48)63(41-45)73(62-32-18-29-57-55-27-13-16-34-67(55)75-71(57)62)65-44-64(58-39-36-49-42-51(46-19-5-2-6-20-46)43-50-37-40-59(65)69(58)68(49)50)72(60-30-14-11-25-52(60)47-21-7-3-8-22-47)61-31-17-28-56-54-26-12-15-33-66(54)74-70(56)61/h3-4,7-18,21-44,46H,2,5-6,19-20H2,1H3. The molecule has 0 unspecified atom stereocenters. The van der Waals surface area contributed by atoms with Crippen molar-refractivity contribution in [3.63, 3.8) is 0 Å². The summed E-state index contributed by atoms with van der Waals surface area (Å²) < 4.78 is 14.1. The molecule has 12 aromatic carbocycles. The van der Waals surface area contributed by atoms with E-state index in [0.29, 0.717) is 5.92 Å². The molecule has 358 valence electrons. The molecule has 0 saturated heterocycles. The second-order valence-corrected chi connectivity index (χ2v) is 20.6. The summed E-state index contributed by atoms with van der Waals surface area (Å²) in [6.07, 6.45) is 6.39. The Morgan fingerprint density at radius 3 is 1.44 bits per heavy atom. The largest absolute Gasteiger partial charge is 0.454 e. The quantitative estimate of drug-likeness (QED) is 0.135. The Balaban J connectivity index is 1.12. The van der Waals surface area contributed by atoms with Crippen LogP contribution in [-0.4, -0.2) is 0 Å². The number of hydrogen-bond acceptors (Lipinski definition) is 4. The van der Waals surface area contributed by atoms with E-state index in [1.807, 2.05) is 0 Å². The van der Waals surface area contributed by atoms with Crippen LogP contribution in [0.25, 0.3) is 98.4 Å². The Kier molecular flexibility index (Phi) is 10.2. The number of nitrogens with zero attached hydrogens (tertiary/aromatic N) is 2. The predicted molar refractivity (Wildman–Crippen MR) is 316 cm³/mol. The fourth-order valence-corrected chi connectivity index (χ4v) is 12.8. The number of benzene rings is 12. The summed E-state index contributed by atoms with van der Waals surface area (Å²) in [6, 6.07) is 84.6. The van der Waals surface area contributed by atoms with Crippen LogP contribution in [-0.2, 0) is 0 Å². The van der Waals surface area contributed by atoms with Gasteiger partial charge in [-0.05, 0) is 107 Å². The van der Waals surface area contributed by atoms with Crippen LogP contribution in [0.3, 0.4) is 0 Å². The summed E-state index contributed by atoms with van der Waals surface area (Å²) in [4.78, 5) is 5.00. The highest BCUT2D eigenvalue weighted by Gasteiger charge is 2.30. The number of fused-ring (bicyclic) bond motifs is 6. The van der Waals surface area contributed by atoms with Crippen LogP contribution in [0.15, 0.2) is 239 Å². The summed E-state index contributed by atoms with van der Waals surface area (Å²) in [5.74, 6) is 0.568. The van der Waals surface area contributed by atoms with Crippen molar-refractivity contribution in [2.24, 2.45) is 0 Å². The van der Waals surface area contributed by atoms with Crippen LogP contribution in [0.2, 0.25) is 0 Å². The van der Waals surface area contributed by atoms with Crippen LogP contribution in [0.4, 0.5) is 34.1 Å². The van der Waals surface area contributed by atoms with Gasteiger partial charge in [0.15, 0.2) is 11.2 Å². The van der Waals surface area contributed by atoms with Crippen LogP contribution in [0.1, 0.15) is 49.1 Å². The van der Waals surface area contributed by atoms with E-state index in [1.54, 1.807) is 0 Å². The molecule has 75 heavy (non-hydrogen) atoms. The lowest BCUT2D eigenvalue weighted by atomic mass is 9.82. The number of furan rings is 2. The Morgan fingerprint density at radius 1 is 0.347 bits per heavy atom. The van der Waals surface area contributed by atoms with Crippen LogP contribution in [0.5, 0.6) is 0 Å². The molecule has 2 heterocycles. The molecule has 0 N–H and O–H groups in total. The Hall–Kier alpha value is -9.12. The van der Waals surface area contributed by atoms with Crippen LogP contribution < -0.4 is 9.80 Å². The lowest BCUT2D eigenvalue weighted by molar-refractivity contribution is 0.444. The molecule has 14 aromatic rings. The molecule has 0 atom stereocenters. The first kappa shape index (κ1) is 43.5. The number of aryl methyl sites for hydroxylation is 1. The molecule has 4 heteroatoms. The third kappa shape index (κ3) is 7.04. The smallest absolute Gasteiger partial charge is 0.159 e. The SMILES string of the molecule is Cc1ccc(-c2ccccc2)c(N(c2cc(N(c3ccccc3-c3ccccc3)c3cccc4c3oc3ccccc34)c3ccc4cc(C5CCCCC5)cc5ccc2c3c45)c2cccc3c2oc2ccccc23)c1. The number of rotatable bonds is 9. The average Bonchev–Trinajstić information content (AvgIpc) is 4.10. The van der Waals surface area contributed by atoms with Crippen molar-refractivity contribution < 1.29 is 8.83 Å². The monoisotopic (exact) mass is 964 g/mol. The van der Waals surface area contributed by atoms with Crippen molar-refractivity contribution in [3.8, 4) is 22.3 Å². The topological polar surface area (TPSA) is 32.8 Å². The molecule has 2 aromatic heterocycles. The average molecular weight is 965 g/mol. The van der Waals surface area contributed by atoms with E-state index in [-0.39, 0.29) is 0 Å². The van der Waals surface area contributed by atoms with Crippen molar-refractivity contribution in [1.29, 1.82) is 0 Å². The molecule has 0 radical (unpaired) electrons. The van der Waals surface area contributed by atoms with E-state index in [9.17, 15) is 0 Å². The normalized spacial score (nSPS) is 13.3. The van der Waals surface area contributed by atoms with Crippen molar-refractivity contribution in [3.05, 3.63) is 242 Å². The fourth-order valence-electron chi connectivity index (χ4n) is 12.8. The van der Waals surface area contributed by atoms with Gasteiger partial charge in [0.1, 0.15) is 11.2 Å². The highest BCUT2D eigenvalue weighted by Crippen LogP contribution is 2.55. The van der Waals surface area contributed by atoms with Gasteiger partial charge in [-0.3, -0.25) is 0 Å². The molecule has 0 amide bonds. The maximum Gasteiger partial charge on any atom is 0.159 e. The number of anilines is 6. The molecule has 15 rings (SSSR count). The Bertz CT molecular complexity index is 4470. The third-order valence-corrected chi connectivity index (χ3v) is 16.2. The van der Waals surface area contributed by atoms with E-state index in [4.69, 9.17) is 8.83 Å². The maximum atomic E-state index is 7.07. The lowest BCUT2D eigenvalue weighted by Gasteiger charge is -2.34. The molecule has 0 aliphatic heterocycles. The molecule has 4 nitrogen and oxygen atoms in total. The minimum atomic E-state index is 0.568. The van der Waals surface area contributed by atoms with Gasteiger partial charge in [0.05, 0.1) is 34.1 Å². The van der Waals surface area contributed by atoms with E-state index in [0.717, 1.165) is 117 Å². The van der Waals surface area contributed by atoms with Gasteiger partial charge in [-0.15, -0.1) is 0 Å². The van der Waals surface area contributed by atoms with Gasteiger partial charge < -0.3 is 18.6 Å². The second-order valence-electron chi connectivity index (χ2n) is 20.6. The molecule has 1 saturated carbocycles. The molecule has 1 aliphatic carbocycles. The minimum Gasteiger partial charge on any atom is -0.454 e. The predicted octanol–water partition coefficient (Wildman–Crippen LogP) is 21.0. The number of para-hydroxylation sites is 5. The molecular formula is C71H52N2O2. The zero-order valence-electron chi connectivity index (χ0n) is 41.8. The van der Waals surface area contributed by atoms with Crippen molar-refractivity contribution in [1.82, 2.24) is 0 Å². The molecule has 0 spiro atoms. The zero-order valence-corrected chi connectivity index (χ0v) is 41.8. The number of hydrogen-bond donors (Lipinski definition) is 0. The van der Waals surface area contributed by atoms with Gasteiger partial charge in [-0.25, -0.2) is 0 Å². The summed E-state index contributed by atoms with van der Waals surface area (Å²) in [5, 5.41) is 11.7. The zero-order chi connectivity index (χ0) is 49.6. The Morgan fingerprint density at radius 2 is 0.840 bits per heavy atom. The van der Waals surface area contributed by atoms with E-state index in [2.05, 4.69) is 247 Å².